The minimum absolute atomic E-state index is 0.798. The third kappa shape index (κ3) is 2.87. The summed E-state index contributed by atoms with van der Waals surface area (Å²) in [6, 6.07) is 8.35. The van der Waals surface area contributed by atoms with E-state index < -0.39 is 0 Å². The Morgan fingerprint density at radius 3 is 2.86 bits per heavy atom. The molecular formula is C18H22N2O. The van der Waals surface area contributed by atoms with Crippen molar-refractivity contribution in [3.05, 3.63) is 36.2 Å². The molecule has 2 heterocycles. The van der Waals surface area contributed by atoms with Crippen LogP contribution in [0.1, 0.15) is 38.3 Å². The molecule has 0 saturated heterocycles. The molecule has 1 N–H and O–H groups in total. The number of nitrogens with zero attached hydrogens (tertiary/aromatic N) is 1. The highest BCUT2D eigenvalue weighted by Crippen LogP contribution is 2.29. The molecule has 2 aromatic heterocycles. The van der Waals surface area contributed by atoms with E-state index in [-0.39, 0.29) is 0 Å². The van der Waals surface area contributed by atoms with E-state index in [9.17, 15) is 0 Å². The second-order valence-corrected chi connectivity index (χ2v) is 5.56. The lowest BCUT2D eigenvalue weighted by molar-refractivity contribution is 0.305. The molecule has 0 amide bonds. The first-order valence-corrected chi connectivity index (χ1v) is 7.79. The summed E-state index contributed by atoms with van der Waals surface area (Å²) < 4.78 is 5.85. The number of fused-ring (bicyclic) bond motifs is 3. The zero-order valence-corrected chi connectivity index (χ0v) is 12.8. The highest BCUT2D eigenvalue weighted by Gasteiger charge is 2.07. The van der Waals surface area contributed by atoms with E-state index >= 15 is 0 Å². The average Bonchev–Trinajstić information content (AvgIpc) is 2.86. The second-order valence-electron chi connectivity index (χ2n) is 5.56. The highest BCUT2D eigenvalue weighted by atomic mass is 16.5. The molecule has 0 saturated carbocycles. The predicted octanol–water partition coefficient (Wildman–Crippen LogP) is 4.98. The minimum Gasteiger partial charge on any atom is -0.494 e. The third-order valence-electron chi connectivity index (χ3n) is 3.95. The summed E-state index contributed by atoms with van der Waals surface area (Å²) >= 11 is 0. The van der Waals surface area contributed by atoms with Crippen LogP contribution in [0.2, 0.25) is 0 Å². The Morgan fingerprint density at radius 2 is 2.00 bits per heavy atom. The summed E-state index contributed by atoms with van der Waals surface area (Å²) in [6.45, 7) is 5.05. The predicted molar refractivity (Wildman–Crippen MR) is 88.0 cm³/mol. The summed E-state index contributed by atoms with van der Waals surface area (Å²) in [6.07, 6.45) is 6.78. The molecule has 0 bridgehead atoms. The average molecular weight is 282 g/mol. The van der Waals surface area contributed by atoms with Crippen LogP contribution in [0.3, 0.4) is 0 Å². The van der Waals surface area contributed by atoms with E-state index in [4.69, 9.17) is 4.74 Å². The molecule has 3 nitrogen and oxygen atoms in total. The van der Waals surface area contributed by atoms with Crippen molar-refractivity contribution in [2.45, 2.75) is 39.5 Å². The van der Waals surface area contributed by atoms with Crippen molar-refractivity contribution in [3.8, 4) is 5.75 Å². The fourth-order valence-corrected chi connectivity index (χ4v) is 2.75. The van der Waals surface area contributed by atoms with Gasteiger partial charge in [0.1, 0.15) is 5.75 Å². The number of aromatic nitrogens is 2. The number of rotatable bonds is 6. The van der Waals surface area contributed by atoms with E-state index in [0.29, 0.717) is 0 Å². The van der Waals surface area contributed by atoms with Gasteiger partial charge in [-0.3, -0.25) is 4.98 Å². The molecular weight excluding hydrogens is 260 g/mol. The number of benzene rings is 1. The van der Waals surface area contributed by atoms with Crippen molar-refractivity contribution in [1.82, 2.24) is 9.97 Å². The van der Waals surface area contributed by atoms with Gasteiger partial charge in [0.25, 0.3) is 0 Å². The molecule has 0 spiro atoms. The van der Waals surface area contributed by atoms with Crippen LogP contribution in [0.25, 0.3) is 21.8 Å². The number of unbranched alkanes of at least 4 members (excludes halogenated alkanes) is 3. The van der Waals surface area contributed by atoms with Gasteiger partial charge in [-0.1, -0.05) is 26.2 Å². The maximum Gasteiger partial charge on any atom is 0.121 e. The molecule has 0 unspecified atom stereocenters. The van der Waals surface area contributed by atoms with Gasteiger partial charge in [0, 0.05) is 23.0 Å². The molecule has 21 heavy (non-hydrogen) atoms. The molecule has 3 rings (SSSR count). The fourth-order valence-electron chi connectivity index (χ4n) is 2.75. The van der Waals surface area contributed by atoms with Crippen LogP contribution in [-0.4, -0.2) is 16.6 Å². The Kier molecular flexibility index (Phi) is 4.09. The van der Waals surface area contributed by atoms with E-state index in [0.717, 1.165) is 35.5 Å². The number of ether oxygens (including phenoxy) is 1. The largest absolute Gasteiger partial charge is 0.494 e. The van der Waals surface area contributed by atoms with Crippen LogP contribution in [0.4, 0.5) is 0 Å². The van der Waals surface area contributed by atoms with Gasteiger partial charge in [0.15, 0.2) is 0 Å². The zero-order valence-electron chi connectivity index (χ0n) is 12.8. The Bertz CT molecular complexity index is 745. The Labute approximate surface area is 125 Å². The van der Waals surface area contributed by atoms with Crippen LogP contribution in [0.15, 0.2) is 30.5 Å². The first kappa shape index (κ1) is 13.9. The summed E-state index contributed by atoms with van der Waals surface area (Å²) in [5.74, 6) is 0.941. The number of pyridine rings is 1. The van der Waals surface area contributed by atoms with Crippen molar-refractivity contribution < 1.29 is 4.74 Å². The van der Waals surface area contributed by atoms with Crippen molar-refractivity contribution in [2.24, 2.45) is 0 Å². The number of nitrogens with one attached hydrogen (secondary N) is 1. The molecule has 0 aliphatic rings. The summed E-state index contributed by atoms with van der Waals surface area (Å²) in [5, 5.41) is 2.46. The van der Waals surface area contributed by atoms with Gasteiger partial charge < -0.3 is 9.72 Å². The normalized spacial score (nSPS) is 11.3. The lowest BCUT2D eigenvalue weighted by atomic mass is 10.1. The van der Waals surface area contributed by atoms with Crippen LogP contribution in [0.5, 0.6) is 5.75 Å². The molecule has 0 atom stereocenters. The van der Waals surface area contributed by atoms with Crippen LogP contribution in [0, 0.1) is 6.92 Å². The van der Waals surface area contributed by atoms with Crippen molar-refractivity contribution >= 4 is 21.8 Å². The number of aromatic amines is 1. The molecule has 0 aliphatic carbocycles. The molecule has 3 heteroatoms. The maximum atomic E-state index is 5.85. The van der Waals surface area contributed by atoms with E-state index in [1.165, 1.54) is 30.0 Å². The van der Waals surface area contributed by atoms with Crippen LogP contribution >= 0.6 is 0 Å². The molecule has 0 fully saturated rings. The van der Waals surface area contributed by atoms with Crippen molar-refractivity contribution in [3.63, 3.8) is 0 Å². The fraction of sp³-hybridized carbons (Fsp3) is 0.389. The SMILES string of the molecule is CCCCCCOc1ccc2c(c1)[nH]c1c(C)nccc12. The Morgan fingerprint density at radius 1 is 1.10 bits per heavy atom. The molecule has 3 aromatic rings. The third-order valence-corrected chi connectivity index (χ3v) is 3.95. The van der Waals surface area contributed by atoms with Gasteiger partial charge in [-0.2, -0.15) is 0 Å². The van der Waals surface area contributed by atoms with E-state index in [1.54, 1.807) is 0 Å². The minimum atomic E-state index is 0.798. The summed E-state index contributed by atoms with van der Waals surface area (Å²) in [7, 11) is 0. The lowest BCUT2D eigenvalue weighted by Crippen LogP contribution is -1.96. The van der Waals surface area contributed by atoms with Crippen molar-refractivity contribution in [1.29, 1.82) is 0 Å². The monoisotopic (exact) mass is 282 g/mol. The Balaban J connectivity index is 1.80. The van der Waals surface area contributed by atoms with Gasteiger partial charge in [0.05, 0.1) is 23.3 Å². The Hall–Kier alpha value is -2.03. The van der Waals surface area contributed by atoms with Gasteiger partial charge in [-0.05, 0) is 31.5 Å². The van der Waals surface area contributed by atoms with E-state index in [2.05, 4.69) is 41.2 Å². The molecule has 1 aromatic carbocycles. The maximum absolute atomic E-state index is 5.85. The number of hydrogen-bond donors (Lipinski definition) is 1. The standard InChI is InChI=1S/C18H22N2O/c1-3-4-5-6-11-21-14-7-8-15-16-9-10-19-13(2)18(16)20-17(15)12-14/h7-10,12,20H,3-6,11H2,1-2H3. The van der Waals surface area contributed by atoms with Crippen LogP contribution < -0.4 is 4.74 Å². The van der Waals surface area contributed by atoms with Gasteiger partial charge in [-0.15, -0.1) is 0 Å². The number of hydrogen-bond acceptors (Lipinski definition) is 2. The van der Waals surface area contributed by atoms with Gasteiger partial charge in [0.2, 0.25) is 0 Å². The molecule has 0 radical (unpaired) electrons. The molecule has 0 aliphatic heterocycles. The van der Waals surface area contributed by atoms with Gasteiger partial charge in [-0.25, -0.2) is 0 Å². The highest BCUT2D eigenvalue weighted by molar-refractivity contribution is 6.08. The number of H-pyrrole nitrogens is 1. The van der Waals surface area contributed by atoms with E-state index in [1.807, 2.05) is 13.1 Å². The quantitative estimate of drug-likeness (QED) is 0.647. The lowest BCUT2D eigenvalue weighted by Gasteiger charge is -2.05. The second kappa shape index (κ2) is 6.17. The van der Waals surface area contributed by atoms with Crippen molar-refractivity contribution in [2.75, 3.05) is 6.61 Å². The first-order chi connectivity index (χ1) is 10.3. The topological polar surface area (TPSA) is 37.9 Å². The first-order valence-electron chi connectivity index (χ1n) is 7.79. The van der Waals surface area contributed by atoms with Gasteiger partial charge >= 0.3 is 0 Å². The molecule has 110 valence electrons. The summed E-state index contributed by atoms with van der Waals surface area (Å²) in [5.41, 5.74) is 3.27. The zero-order chi connectivity index (χ0) is 14.7. The smallest absolute Gasteiger partial charge is 0.121 e. The summed E-state index contributed by atoms with van der Waals surface area (Å²) in [4.78, 5) is 7.80. The van der Waals surface area contributed by atoms with Crippen LogP contribution in [-0.2, 0) is 0 Å². The number of aryl methyl sites for hydroxylation is 1.